The first-order valence-corrected chi connectivity index (χ1v) is 13.1. The van der Waals surface area contributed by atoms with Crippen molar-refractivity contribution in [3.63, 3.8) is 0 Å². The summed E-state index contributed by atoms with van der Waals surface area (Å²) in [5.74, 6) is 0.641. The zero-order valence-corrected chi connectivity index (χ0v) is 21.0. The van der Waals surface area contributed by atoms with Crippen LogP contribution >= 0.6 is 0 Å². The average molecular weight is 499 g/mol. The number of rotatable bonds is 3. The molecule has 0 spiro atoms. The molecule has 0 bridgehead atoms. The summed E-state index contributed by atoms with van der Waals surface area (Å²) in [6, 6.07) is 44.0. The summed E-state index contributed by atoms with van der Waals surface area (Å²) in [4.78, 5) is 15.2. The molecule has 0 atom stereocenters. The second kappa shape index (κ2) is 8.61. The molecule has 8 aromatic rings. The first-order valence-electron chi connectivity index (χ1n) is 13.1. The maximum atomic E-state index is 5.19. The normalized spacial score (nSPS) is 11.6. The Kier molecular flexibility index (Phi) is 4.79. The minimum absolute atomic E-state index is 0.641. The monoisotopic (exact) mass is 498 g/mol. The van der Waals surface area contributed by atoms with Crippen LogP contribution in [0.15, 0.2) is 134 Å². The van der Waals surface area contributed by atoms with E-state index in [1.807, 2.05) is 48.7 Å². The fourth-order valence-corrected chi connectivity index (χ4v) is 5.74. The molecule has 5 aromatic carbocycles. The van der Waals surface area contributed by atoms with E-state index in [-0.39, 0.29) is 0 Å². The highest BCUT2D eigenvalue weighted by atomic mass is 15.2. The highest BCUT2D eigenvalue weighted by molar-refractivity contribution is 6.31. The van der Waals surface area contributed by atoms with Crippen molar-refractivity contribution in [3.8, 4) is 28.5 Å². The van der Waals surface area contributed by atoms with E-state index in [0.29, 0.717) is 5.95 Å². The predicted molar refractivity (Wildman–Crippen MR) is 160 cm³/mol. The van der Waals surface area contributed by atoms with E-state index in [9.17, 15) is 0 Å². The van der Waals surface area contributed by atoms with Gasteiger partial charge < -0.3 is 0 Å². The summed E-state index contributed by atoms with van der Waals surface area (Å²) in [7, 11) is 0. The third-order valence-corrected chi connectivity index (χ3v) is 7.44. The van der Waals surface area contributed by atoms with Crippen LogP contribution in [0.1, 0.15) is 0 Å². The van der Waals surface area contributed by atoms with E-state index in [2.05, 4.69) is 89.5 Å². The van der Waals surface area contributed by atoms with Crippen LogP contribution in [0.2, 0.25) is 0 Å². The smallest absolute Gasteiger partial charge is 0.235 e. The fourth-order valence-electron chi connectivity index (χ4n) is 5.74. The molecule has 0 unspecified atom stereocenters. The van der Waals surface area contributed by atoms with Crippen LogP contribution in [0.3, 0.4) is 0 Å². The van der Waals surface area contributed by atoms with Gasteiger partial charge in [-0.2, -0.15) is 0 Å². The minimum Gasteiger partial charge on any atom is -0.277 e. The van der Waals surface area contributed by atoms with Crippen LogP contribution in [0.25, 0.3) is 71.9 Å². The van der Waals surface area contributed by atoms with Crippen molar-refractivity contribution < 1.29 is 0 Å². The lowest BCUT2D eigenvalue weighted by molar-refractivity contribution is 0.998. The lowest BCUT2D eigenvalue weighted by Crippen LogP contribution is -2.04. The van der Waals surface area contributed by atoms with E-state index in [0.717, 1.165) is 49.8 Å². The van der Waals surface area contributed by atoms with Crippen LogP contribution in [0.4, 0.5) is 0 Å². The average Bonchev–Trinajstić information content (AvgIpc) is 3.38. The number of pyridine rings is 1. The Morgan fingerprint density at radius 2 is 1.05 bits per heavy atom. The molecule has 0 N–H and O–H groups in total. The molecule has 39 heavy (non-hydrogen) atoms. The second-order valence-corrected chi connectivity index (χ2v) is 9.69. The molecule has 0 radical (unpaired) electrons. The van der Waals surface area contributed by atoms with Gasteiger partial charge >= 0.3 is 0 Å². The zero-order valence-electron chi connectivity index (χ0n) is 21.0. The number of nitrogens with zero attached hydrogens (tertiary/aromatic N) is 4. The zero-order chi connectivity index (χ0) is 25.8. The van der Waals surface area contributed by atoms with E-state index < -0.39 is 0 Å². The molecule has 0 aliphatic rings. The van der Waals surface area contributed by atoms with Gasteiger partial charge in [0.1, 0.15) is 0 Å². The number of hydrogen-bond donors (Lipinski definition) is 0. The summed E-state index contributed by atoms with van der Waals surface area (Å²) in [6.07, 6.45) is 1.87. The first kappa shape index (κ1) is 21.7. The van der Waals surface area contributed by atoms with Gasteiger partial charge in [0.15, 0.2) is 0 Å². The third-order valence-electron chi connectivity index (χ3n) is 7.44. The van der Waals surface area contributed by atoms with Gasteiger partial charge in [-0.3, -0.25) is 9.55 Å². The molecule has 8 rings (SSSR count). The maximum Gasteiger partial charge on any atom is 0.235 e. The van der Waals surface area contributed by atoms with Crippen molar-refractivity contribution in [2.24, 2.45) is 0 Å². The molecule has 0 saturated carbocycles. The minimum atomic E-state index is 0.641. The van der Waals surface area contributed by atoms with Crippen LogP contribution in [0.5, 0.6) is 0 Å². The van der Waals surface area contributed by atoms with Crippen LogP contribution in [-0.2, 0) is 0 Å². The Labute approximate surface area is 224 Å². The van der Waals surface area contributed by atoms with Crippen LogP contribution < -0.4 is 0 Å². The standard InChI is InChI=1S/C35H22N4/c1-3-12-23(13-4-1)29-22-30(24-14-5-2-6-15-24)38-35(37-29)39-31-20-10-9-18-27(31)32-25-16-7-8-17-26(25)33-28(34(32)39)19-11-21-36-33/h1-22H. The van der Waals surface area contributed by atoms with Gasteiger partial charge in [-0.1, -0.05) is 103 Å². The number of hydrogen-bond acceptors (Lipinski definition) is 3. The number of fused-ring (bicyclic) bond motifs is 8. The molecule has 3 heterocycles. The fraction of sp³-hybridized carbons (Fsp3) is 0. The third kappa shape index (κ3) is 3.35. The van der Waals surface area contributed by atoms with Crippen molar-refractivity contribution in [2.75, 3.05) is 0 Å². The highest BCUT2D eigenvalue weighted by Crippen LogP contribution is 2.41. The first-order chi connectivity index (χ1) is 19.4. The van der Waals surface area contributed by atoms with Crippen molar-refractivity contribution in [2.45, 2.75) is 0 Å². The molecule has 0 saturated heterocycles. The van der Waals surface area contributed by atoms with Crippen molar-refractivity contribution in [3.05, 3.63) is 134 Å². The number of benzene rings is 5. The van der Waals surface area contributed by atoms with E-state index >= 15 is 0 Å². The van der Waals surface area contributed by atoms with E-state index in [1.165, 1.54) is 16.2 Å². The highest BCUT2D eigenvalue weighted by Gasteiger charge is 2.21. The lowest BCUT2D eigenvalue weighted by Gasteiger charge is -2.13. The van der Waals surface area contributed by atoms with Gasteiger partial charge in [-0.25, -0.2) is 9.97 Å². The molecule has 182 valence electrons. The quantitative estimate of drug-likeness (QED) is 0.229. The van der Waals surface area contributed by atoms with E-state index in [1.54, 1.807) is 0 Å². The van der Waals surface area contributed by atoms with Crippen molar-refractivity contribution in [1.29, 1.82) is 0 Å². The van der Waals surface area contributed by atoms with Gasteiger partial charge in [-0.15, -0.1) is 0 Å². The molecule has 4 heteroatoms. The van der Waals surface area contributed by atoms with E-state index in [4.69, 9.17) is 15.0 Å². The summed E-state index contributed by atoms with van der Waals surface area (Å²) < 4.78 is 2.22. The Bertz CT molecular complexity index is 2110. The van der Waals surface area contributed by atoms with Crippen molar-refractivity contribution in [1.82, 2.24) is 19.5 Å². The molecular weight excluding hydrogens is 476 g/mol. The lowest BCUT2D eigenvalue weighted by atomic mass is 10.00. The molecule has 0 amide bonds. The Balaban J connectivity index is 1.57. The van der Waals surface area contributed by atoms with Gasteiger partial charge in [0, 0.05) is 38.9 Å². The molecular formula is C35H22N4. The maximum absolute atomic E-state index is 5.19. The molecule has 0 aliphatic heterocycles. The van der Waals surface area contributed by atoms with Gasteiger partial charge in [-0.05, 0) is 29.7 Å². The summed E-state index contributed by atoms with van der Waals surface area (Å²) >= 11 is 0. The Morgan fingerprint density at radius 3 is 1.74 bits per heavy atom. The molecule has 0 aliphatic carbocycles. The summed E-state index contributed by atoms with van der Waals surface area (Å²) in [5.41, 5.74) is 6.99. The number of aromatic nitrogens is 4. The second-order valence-electron chi connectivity index (χ2n) is 9.69. The predicted octanol–water partition coefficient (Wildman–Crippen LogP) is 8.61. The van der Waals surface area contributed by atoms with Gasteiger partial charge in [0.2, 0.25) is 5.95 Å². The molecule has 4 nitrogen and oxygen atoms in total. The number of para-hydroxylation sites is 1. The largest absolute Gasteiger partial charge is 0.277 e. The van der Waals surface area contributed by atoms with Gasteiger partial charge in [0.05, 0.1) is 27.9 Å². The SMILES string of the molecule is c1ccc(-c2cc(-c3ccccc3)nc(-n3c4ccccc4c4c5ccccc5c5ncccc5c43)n2)cc1. The van der Waals surface area contributed by atoms with Crippen LogP contribution in [0, 0.1) is 0 Å². The van der Waals surface area contributed by atoms with Crippen molar-refractivity contribution >= 4 is 43.5 Å². The molecule has 3 aromatic heterocycles. The topological polar surface area (TPSA) is 43.6 Å². The Hall–Kier alpha value is -5.35. The van der Waals surface area contributed by atoms with Crippen LogP contribution in [-0.4, -0.2) is 19.5 Å². The van der Waals surface area contributed by atoms with Gasteiger partial charge in [0.25, 0.3) is 0 Å². The summed E-state index contributed by atoms with van der Waals surface area (Å²) in [5, 5.41) is 5.77. The molecule has 0 fully saturated rings. The Morgan fingerprint density at radius 1 is 0.487 bits per heavy atom. The summed E-state index contributed by atoms with van der Waals surface area (Å²) in [6.45, 7) is 0.